The number of hydrogen-bond acceptors (Lipinski definition) is 7. The Labute approximate surface area is 195 Å². The highest BCUT2D eigenvalue weighted by molar-refractivity contribution is 7.10. The number of alkyl halides is 2. The van der Waals surface area contributed by atoms with Crippen LogP contribution < -0.4 is 10.2 Å². The zero-order valence-corrected chi connectivity index (χ0v) is 19.9. The lowest BCUT2D eigenvalue weighted by molar-refractivity contribution is -0.137. The van der Waals surface area contributed by atoms with E-state index in [-0.39, 0.29) is 42.4 Å². The number of hydrogen-bond donors (Lipinski definition) is 2. The number of carbonyl (C=O) groups is 1. The summed E-state index contributed by atoms with van der Waals surface area (Å²) in [5.41, 5.74) is 1.39. The van der Waals surface area contributed by atoms with E-state index in [1.165, 1.54) is 0 Å². The van der Waals surface area contributed by atoms with Gasteiger partial charge in [0.1, 0.15) is 0 Å². The van der Waals surface area contributed by atoms with Crippen LogP contribution in [0, 0.1) is 5.92 Å². The lowest BCUT2D eigenvalue weighted by atomic mass is 9.90. The Morgan fingerprint density at radius 1 is 1.38 bits per heavy atom. The molecule has 1 atom stereocenters. The van der Waals surface area contributed by atoms with Crippen molar-refractivity contribution in [1.29, 1.82) is 0 Å². The largest absolute Gasteiger partial charge is 0.481 e. The average Bonchev–Trinajstić information content (AvgIpc) is 3.10. The first-order chi connectivity index (χ1) is 15.0. The molecule has 2 N–H and O–H groups in total. The summed E-state index contributed by atoms with van der Waals surface area (Å²) in [7, 11) is 0. The van der Waals surface area contributed by atoms with Crippen LogP contribution in [0.5, 0.6) is 0 Å². The van der Waals surface area contributed by atoms with Crippen LogP contribution in [0.2, 0.25) is 5.28 Å². The number of aliphatic carboxylic acids is 1. The summed E-state index contributed by atoms with van der Waals surface area (Å²) in [6.07, 6.45) is 2.11. The summed E-state index contributed by atoms with van der Waals surface area (Å²) < 4.78 is 31.6. The van der Waals surface area contributed by atoms with Crippen LogP contribution in [0.3, 0.4) is 0 Å². The van der Waals surface area contributed by atoms with Crippen LogP contribution in [0.4, 0.5) is 25.4 Å². The molecule has 1 aliphatic carbocycles. The van der Waals surface area contributed by atoms with Gasteiger partial charge in [0.05, 0.1) is 12.1 Å². The van der Waals surface area contributed by atoms with Crippen LogP contribution in [-0.4, -0.2) is 43.9 Å². The van der Waals surface area contributed by atoms with Gasteiger partial charge in [0, 0.05) is 43.2 Å². The number of anilines is 3. The third kappa shape index (κ3) is 6.48. The fourth-order valence-corrected chi connectivity index (χ4v) is 4.68. The fraction of sp³-hybridized carbons (Fsp3) is 0.619. The molecule has 1 saturated carbocycles. The van der Waals surface area contributed by atoms with Gasteiger partial charge in [-0.15, -0.1) is 0 Å². The number of pyridine rings is 1. The summed E-state index contributed by atoms with van der Waals surface area (Å²) in [6, 6.07) is 1.79. The number of nitrogens with one attached hydrogen (secondary N) is 1. The molecule has 0 radical (unpaired) electrons. The molecule has 0 spiro atoms. The van der Waals surface area contributed by atoms with Gasteiger partial charge in [-0.3, -0.25) is 4.79 Å². The molecule has 0 bridgehead atoms. The van der Waals surface area contributed by atoms with Crippen LogP contribution in [0.15, 0.2) is 12.3 Å². The van der Waals surface area contributed by atoms with Gasteiger partial charge in [-0.1, -0.05) is 20.8 Å². The van der Waals surface area contributed by atoms with E-state index in [0.717, 1.165) is 17.1 Å². The molecule has 176 valence electrons. The van der Waals surface area contributed by atoms with E-state index in [1.807, 2.05) is 13.0 Å². The first-order valence-corrected chi connectivity index (χ1v) is 11.8. The number of halogens is 3. The maximum Gasteiger partial charge on any atom is 0.303 e. The van der Waals surface area contributed by atoms with Gasteiger partial charge < -0.3 is 15.3 Å². The second kappa shape index (κ2) is 10.2. The zero-order chi connectivity index (χ0) is 23.5. The Morgan fingerprint density at radius 2 is 2.06 bits per heavy atom. The van der Waals surface area contributed by atoms with Crippen molar-refractivity contribution < 1.29 is 18.7 Å². The molecular formula is C21H28ClF2N5O2S. The van der Waals surface area contributed by atoms with E-state index >= 15 is 0 Å². The van der Waals surface area contributed by atoms with Crippen molar-refractivity contribution in [2.45, 2.75) is 70.8 Å². The van der Waals surface area contributed by atoms with Gasteiger partial charge in [0.15, 0.2) is 5.82 Å². The molecule has 2 aromatic heterocycles. The van der Waals surface area contributed by atoms with Crippen LogP contribution >= 0.6 is 23.1 Å². The molecule has 0 amide bonds. The highest BCUT2D eigenvalue weighted by atomic mass is 35.5. The van der Waals surface area contributed by atoms with Crippen LogP contribution in [0.25, 0.3) is 0 Å². The van der Waals surface area contributed by atoms with Crippen molar-refractivity contribution in [2.75, 3.05) is 16.8 Å². The number of carboxylic acids is 1. The molecule has 2 heterocycles. The topological polar surface area (TPSA) is 91.2 Å². The van der Waals surface area contributed by atoms with Gasteiger partial charge in [0.2, 0.25) is 16.3 Å². The minimum atomic E-state index is -2.62. The van der Waals surface area contributed by atoms with E-state index in [2.05, 4.69) is 38.4 Å². The number of carboxylic acid groups (broad SMARTS) is 1. The second-order valence-corrected chi connectivity index (χ2v) is 9.86. The quantitative estimate of drug-likeness (QED) is 0.451. The van der Waals surface area contributed by atoms with Gasteiger partial charge in [-0.05, 0) is 47.9 Å². The first-order valence-electron chi connectivity index (χ1n) is 10.7. The van der Waals surface area contributed by atoms with Crippen molar-refractivity contribution in [2.24, 2.45) is 5.92 Å². The number of aromatic nitrogens is 3. The monoisotopic (exact) mass is 487 g/mol. The molecule has 0 unspecified atom stereocenters. The van der Waals surface area contributed by atoms with E-state index in [0.29, 0.717) is 36.0 Å². The Bertz CT molecular complexity index is 933. The van der Waals surface area contributed by atoms with Crippen LogP contribution in [0.1, 0.15) is 64.4 Å². The summed E-state index contributed by atoms with van der Waals surface area (Å²) in [4.78, 5) is 22.1. The Kier molecular flexibility index (Phi) is 7.87. The average molecular weight is 488 g/mol. The predicted molar refractivity (Wildman–Crippen MR) is 122 cm³/mol. The van der Waals surface area contributed by atoms with E-state index in [9.17, 15) is 18.7 Å². The minimum Gasteiger partial charge on any atom is -0.481 e. The third-order valence-electron chi connectivity index (χ3n) is 5.54. The Morgan fingerprint density at radius 3 is 2.62 bits per heavy atom. The molecule has 0 aliphatic heterocycles. The number of rotatable bonds is 9. The molecule has 1 aliphatic rings. The lowest BCUT2D eigenvalue weighted by Crippen LogP contribution is -2.43. The van der Waals surface area contributed by atoms with Crippen LogP contribution in [-0.2, 0) is 4.79 Å². The van der Waals surface area contributed by atoms with Gasteiger partial charge in [-0.25, -0.2) is 13.8 Å². The van der Waals surface area contributed by atoms with Crippen molar-refractivity contribution in [3.05, 3.63) is 23.1 Å². The molecule has 7 nitrogen and oxygen atoms in total. The summed E-state index contributed by atoms with van der Waals surface area (Å²) in [5, 5.41) is 13.0. The van der Waals surface area contributed by atoms with E-state index in [4.69, 9.17) is 11.6 Å². The molecule has 11 heteroatoms. The molecule has 32 heavy (non-hydrogen) atoms. The molecule has 0 saturated heterocycles. The fourth-order valence-electron chi connectivity index (χ4n) is 3.95. The minimum absolute atomic E-state index is 0.0292. The highest BCUT2D eigenvalue weighted by Gasteiger charge is 2.38. The molecular weight excluding hydrogens is 460 g/mol. The summed E-state index contributed by atoms with van der Waals surface area (Å²) in [5.74, 6) is -2.84. The maximum atomic E-state index is 13.8. The first kappa shape index (κ1) is 24.6. The van der Waals surface area contributed by atoms with Crippen molar-refractivity contribution in [1.82, 2.24) is 14.3 Å². The van der Waals surface area contributed by atoms with Crippen molar-refractivity contribution >= 4 is 45.7 Å². The predicted octanol–water partition coefficient (Wildman–Crippen LogP) is 5.95. The Balaban J connectivity index is 1.98. The molecule has 1 fully saturated rings. The molecule has 0 aromatic carbocycles. The normalized spacial score (nSPS) is 17.3. The van der Waals surface area contributed by atoms with E-state index in [1.54, 1.807) is 6.20 Å². The highest BCUT2D eigenvalue weighted by Crippen LogP contribution is 2.39. The second-order valence-electron chi connectivity index (χ2n) is 8.77. The smallest absolute Gasteiger partial charge is 0.303 e. The van der Waals surface area contributed by atoms with Gasteiger partial charge in [0.25, 0.3) is 0 Å². The summed E-state index contributed by atoms with van der Waals surface area (Å²) in [6.45, 7) is 6.63. The van der Waals surface area contributed by atoms with Gasteiger partial charge >= 0.3 is 5.97 Å². The SMILES string of the molecule is CC(C)CN(c1ncc([C@H](C)CC(=O)O)cc1Nc1nc(Cl)ns1)C1CCC(F)(F)CC1. The van der Waals surface area contributed by atoms with Gasteiger partial charge in [-0.2, -0.15) is 9.36 Å². The maximum absolute atomic E-state index is 13.8. The zero-order valence-electron chi connectivity index (χ0n) is 18.3. The number of nitrogens with zero attached hydrogens (tertiary/aromatic N) is 4. The Hall–Kier alpha value is -2.07. The lowest BCUT2D eigenvalue weighted by Gasteiger charge is -2.39. The van der Waals surface area contributed by atoms with E-state index < -0.39 is 11.9 Å². The van der Waals surface area contributed by atoms with Crippen molar-refractivity contribution in [3.8, 4) is 0 Å². The standard InChI is InChI=1S/C21H28ClF2N5O2S/c1-12(2)11-29(15-4-6-21(23,24)7-5-15)18-16(26-20-27-19(22)28-32-20)9-14(10-25-18)13(3)8-17(30)31/h9-10,12-13,15H,4-8,11H2,1-3H3,(H,30,31)(H,26,27,28)/t13-/m1/s1. The summed E-state index contributed by atoms with van der Waals surface area (Å²) >= 11 is 6.97. The molecule has 3 rings (SSSR count). The molecule has 2 aromatic rings. The van der Waals surface area contributed by atoms with Crippen molar-refractivity contribution in [3.63, 3.8) is 0 Å². The third-order valence-corrected chi connectivity index (χ3v) is 6.44.